The maximum Gasteiger partial charge on any atom is 0.338 e. The van der Waals surface area contributed by atoms with Crippen molar-refractivity contribution in [2.24, 2.45) is 0 Å². The van der Waals surface area contributed by atoms with Gasteiger partial charge in [0.2, 0.25) is 0 Å². The number of ether oxygens (including phenoxy) is 1. The Hall–Kier alpha value is -4.72. The van der Waals surface area contributed by atoms with E-state index in [4.69, 9.17) is 4.74 Å². The van der Waals surface area contributed by atoms with Gasteiger partial charge in [0.1, 0.15) is 5.82 Å². The topological polar surface area (TPSA) is 68.9 Å². The first kappa shape index (κ1) is 31.2. The second kappa shape index (κ2) is 15.5. The van der Waals surface area contributed by atoms with E-state index < -0.39 is 0 Å². The monoisotopic (exact) mass is 583 g/mol. The van der Waals surface area contributed by atoms with Crippen LogP contribution in [0.2, 0.25) is 0 Å². The maximum absolute atomic E-state index is 15.1. The number of carbonyl (C=O) groups excluding carboxylic acids is 1. The van der Waals surface area contributed by atoms with E-state index in [0.29, 0.717) is 17.9 Å². The number of hydrogen-bond donors (Lipinski definition) is 3. The summed E-state index contributed by atoms with van der Waals surface area (Å²) in [5.74, 6) is -0.704. The molecule has 0 aliphatic rings. The molecule has 0 aliphatic heterocycles. The highest BCUT2D eigenvalue weighted by atomic mass is 19.1. The first-order valence-electron chi connectivity index (χ1n) is 14.8. The van der Waals surface area contributed by atoms with Crippen molar-refractivity contribution in [3.05, 3.63) is 102 Å². The van der Waals surface area contributed by atoms with E-state index in [9.17, 15) is 4.79 Å². The third kappa shape index (κ3) is 9.13. The van der Waals surface area contributed by atoms with Gasteiger partial charge < -0.3 is 20.5 Å². The molecule has 0 radical (unpaired) electrons. The molecular weight excluding hydrogens is 541 g/mol. The molecule has 7 nitrogen and oxygen atoms in total. The minimum atomic E-state index is -0.376. The van der Waals surface area contributed by atoms with Crippen LogP contribution in [-0.4, -0.2) is 33.7 Å². The smallest absolute Gasteiger partial charge is 0.338 e. The molecule has 8 heteroatoms. The lowest BCUT2D eigenvalue weighted by atomic mass is 10.0. The molecule has 226 valence electrons. The molecule has 0 amide bonds. The van der Waals surface area contributed by atoms with Crippen LogP contribution in [0.4, 0.5) is 32.8 Å². The Balaban J connectivity index is 1.28. The fourth-order valence-corrected chi connectivity index (χ4v) is 4.54. The zero-order chi connectivity index (χ0) is 30.6. The van der Waals surface area contributed by atoms with Gasteiger partial charge in [0.05, 0.1) is 34.9 Å². The SMILES string of the molecule is CCCCCCCOC(=O)c1ccc(-c2ccc(NN(C)c3ccc(NNc4ccc(N(C)C)cc4)cc3)c(F)c2)cc1. The van der Waals surface area contributed by atoms with Crippen molar-refractivity contribution < 1.29 is 13.9 Å². The molecule has 3 N–H and O–H groups in total. The number of unbranched alkanes of at least 4 members (excludes halogenated alkanes) is 4. The number of halogens is 1. The van der Waals surface area contributed by atoms with Crippen molar-refractivity contribution in [3.8, 4) is 11.1 Å². The van der Waals surface area contributed by atoms with Gasteiger partial charge in [-0.2, -0.15) is 0 Å². The highest BCUT2D eigenvalue weighted by molar-refractivity contribution is 5.90. The number of nitrogens with one attached hydrogen (secondary N) is 3. The van der Waals surface area contributed by atoms with Gasteiger partial charge >= 0.3 is 5.97 Å². The van der Waals surface area contributed by atoms with Crippen LogP contribution in [0.15, 0.2) is 91.0 Å². The van der Waals surface area contributed by atoms with Crippen LogP contribution < -0.4 is 26.2 Å². The fraction of sp³-hybridized carbons (Fsp3) is 0.286. The van der Waals surface area contributed by atoms with Crippen molar-refractivity contribution in [3.63, 3.8) is 0 Å². The zero-order valence-electron chi connectivity index (χ0n) is 25.5. The predicted molar refractivity (Wildman–Crippen MR) is 177 cm³/mol. The molecule has 0 unspecified atom stereocenters. The van der Waals surface area contributed by atoms with Gasteiger partial charge in [-0.3, -0.25) is 10.4 Å². The molecule has 0 aromatic heterocycles. The molecule has 0 atom stereocenters. The minimum Gasteiger partial charge on any atom is -0.462 e. The number of carbonyl (C=O) groups is 1. The Morgan fingerprint density at radius 1 is 0.721 bits per heavy atom. The molecule has 0 fully saturated rings. The first-order valence-corrected chi connectivity index (χ1v) is 14.8. The van der Waals surface area contributed by atoms with E-state index in [0.717, 1.165) is 46.7 Å². The maximum atomic E-state index is 15.1. The van der Waals surface area contributed by atoms with E-state index >= 15 is 4.39 Å². The highest BCUT2D eigenvalue weighted by Crippen LogP contribution is 2.26. The second-order valence-corrected chi connectivity index (χ2v) is 10.7. The third-order valence-corrected chi connectivity index (χ3v) is 7.18. The summed E-state index contributed by atoms with van der Waals surface area (Å²) in [6.45, 7) is 2.61. The van der Waals surface area contributed by atoms with Crippen LogP contribution in [0.25, 0.3) is 11.1 Å². The summed E-state index contributed by atoms with van der Waals surface area (Å²) in [5, 5.41) is 1.76. The summed E-state index contributed by atoms with van der Waals surface area (Å²) >= 11 is 0. The second-order valence-electron chi connectivity index (χ2n) is 10.7. The Morgan fingerprint density at radius 2 is 1.30 bits per heavy atom. The van der Waals surface area contributed by atoms with E-state index in [1.165, 1.54) is 25.3 Å². The molecule has 4 aromatic rings. The molecule has 0 heterocycles. The lowest BCUT2D eigenvalue weighted by molar-refractivity contribution is 0.0497. The van der Waals surface area contributed by atoms with Gasteiger partial charge in [0.25, 0.3) is 0 Å². The average molecular weight is 584 g/mol. The normalized spacial score (nSPS) is 10.6. The van der Waals surface area contributed by atoms with Gasteiger partial charge in [-0.05, 0) is 90.3 Å². The van der Waals surface area contributed by atoms with Crippen LogP contribution in [0, 0.1) is 5.82 Å². The standard InChI is InChI=1S/C35H42FN5O2/c1-5-6-7-8-9-24-43-35(42)27-12-10-26(11-13-27)28-14-23-34(33(36)25-28)39-41(4)32-21-17-30(18-22-32)38-37-29-15-19-31(20-16-29)40(2)3/h10-23,25,37-39H,5-9,24H2,1-4H3. The van der Waals surface area contributed by atoms with E-state index in [1.54, 1.807) is 23.2 Å². The summed E-state index contributed by atoms with van der Waals surface area (Å²) < 4.78 is 20.5. The Labute approximate surface area is 254 Å². The number of rotatable bonds is 15. The third-order valence-electron chi connectivity index (χ3n) is 7.18. The fourth-order valence-electron chi connectivity index (χ4n) is 4.54. The number of nitrogens with zero attached hydrogens (tertiary/aromatic N) is 2. The van der Waals surface area contributed by atoms with Crippen LogP contribution in [0.1, 0.15) is 49.4 Å². The number of hydrazine groups is 2. The van der Waals surface area contributed by atoms with E-state index in [-0.39, 0.29) is 11.8 Å². The molecule has 4 rings (SSSR count). The van der Waals surface area contributed by atoms with Gasteiger partial charge in [-0.1, -0.05) is 50.8 Å². The lowest BCUT2D eigenvalue weighted by Gasteiger charge is -2.22. The number of hydrogen-bond acceptors (Lipinski definition) is 7. The molecule has 0 spiro atoms. The lowest BCUT2D eigenvalue weighted by Crippen LogP contribution is -2.25. The minimum absolute atomic E-state index is 0.328. The largest absolute Gasteiger partial charge is 0.462 e. The van der Waals surface area contributed by atoms with Crippen molar-refractivity contribution in [2.45, 2.75) is 39.0 Å². The van der Waals surface area contributed by atoms with Gasteiger partial charge in [-0.25, -0.2) is 9.18 Å². The Morgan fingerprint density at radius 3 is 1.88 bits per heavy atom. The van der Waals surface area contributed by atoms with Crippen molar-refractivity contribution in [2.75, 3.05) is 53.9 Å². The summed E-state index contributed by atoms with van der Waals surface area (Å²) in [4.78, 5) is 14.4. The number of anilines is 5. The van der Waals surface area contributed by atoms with Crippen LogP contribution in [0.5, 0.6) is 0 Å². The molecule has 43 heavy (non-hydrogen) atoms. The van der Waals surface area contributed by atoms with Gasteiger partial charge in [0, 0.05) is 26.8 Å². The van der Waals surface area contributed by atoms with Crippen molar-refractivity contribution >= 4 is 34.4 Å². The van der Waals surface area contributed by atoms with E-state index in [1.807, 2.05) is 87.9 Å². The van der Waals surface area contributed by atoms with E-state index in [2.05, 4.69) is 28.1 Å². The summed E-state index contributed by atoms with van der Waals surface area (Å²) in [7, 11) is 5.86. The molecule has 4 aromatic carbocycles. The summed E-state index contributed by atoms with van der Waals surface area (Å²) in [6.07, 6.45) is 5.52. The van der Waals surface area contributed by atoms with Gasteiger partial charge in [-0.15, -0.1) is 0 Å². The molecule has 0 saturated heterocycles. The summed E-state index contributed by atoms with van der Waals surface area (Å²) in [6, 6.07) is 28.0. The van der Waals surface area contributed by atoms with Gasteiger partial charge in [0.15, 0.2) is 0 Å². The molecular formula is C35H42FN5O2. The van der Waals surface area contributed by atoms with Crippen LogP contribution in [-0.2, 0) is 4.74 Å². The van der Waals surface area contributed by atoms with Crippen molar-refractivity contribution in [1.82, 2.24) is 0 Å². The van der Waals surface area contributed by atoms with Crippen LogP contribution in [0.3, 0.4) is 0 Å². The first-order chi connectivity index (χ1) is 20.8. The van der Waals surface area contributed by atoms with Crippen LogP contribution >= 0.6 is 0 Å². The Kier molecular flexibility index (Phi) is 11.2. The predicted octanol–water partition coefficient (Wildman–Crippen LogP) is 8.59. The highest BCUT2D eigenvalue weighted by Gasteiger charge is 2.11. The average Bonchev–Trinajstić information content (AvgIpc) is 3.03. The molecule has 0 aliphatic carbocycles. The number of esters is 1. The zero-order valence-corrected chi connectivity index (χ0v) is 25.5. The number of benzene rings is 4. The quantitative estimate of drug-likeness (QED) is 0.0736. The molecule has 0 bridgehead atoms. The molecule has 0 saturated carbocycles. The Bertz CT molecular complexity index is 1440. The van der Waals surface area contributed by atoms with Crippen molar-refractivity contribution in [1.29, 1.82) is 0 Å². The summed E-state index contributed by atoms with van der Waals surface area (Å²) in [5.41, 5.74) is 15.7.